The average molecular weight is 291 g/mol. The van der Waals surface area contributed by atoms with Crippen LogP contribution < -0.4 is 0 Å². The summed E-state index contributed by atoms with van der Waals surface area (Å²) in [5.41, 5.74) is 1.51. The van der Waals surface area contributed by atoms with Gasteiger partial charge in [0.15, 0.2) is 11.9 Å². The van der Waals surface area contributed by atoms with Gasteiger partial charge in [0, 0.05) is 12.2 Å². The summed E-state index contributed by atoms with van der Waals surface area (Å²) in [6, 6.07) is 0. The van der Waals surface area contributed by atoms with E-state index < -0.39 is 5.97 Å². The van der Waals surface area contributed by atoms with E-state index in [0.717, 1.165) is 25.0 Å². The van der Waals surface area contributed by atoms with Crippen LogP contribution in [-0.4, -0.2) is 42.2 Å². The highest BCUT2D eigenvalue weighted by atomic mass is 16.5. The second-order valence-corrected chi connectivity index (χ2v) is 5.08. The molecule has 1 aliphatic heterocycles. The van der Waals surface area contributed by atoms with E-state index in [-0.39, 0.29) is 11.9 Å². The zero-order valence-electron chi connectivity index (χ0n) is 11.8. The van der Waals surface area contributed by atoms with Gasteiger partial charge in [0.1, 0.15) is 12.7 Å². The number of ether oxygens (including phenoxy) is 1. The first-order chi connectivity index (χ1) is 10.2. The molecule has 1 aliphatic rings. The molecule has 1 unspecified atom stereocenters. The van der Waals surface area contributed by atoms with E-state index in [9.17, 15) is 9.90 Å². The zero-order valence-corrected chi connectivity index (χ0v) is 11.8. The number of hydrogen-bond acceptors (Lipinski definition) is 5. The summed E-state index contributed by atoms with van der Waals surface area (Å²) in [6.45, 7) is 2.86. The van der Waals surface area contributed by atoms with Gasteiger partial charge in [-0.05, 0) is 26.2 Å². The van der Waals surface area contributed by atoms with Crippen LogP contribution in [0.3, 0.4) is 0 Å². The number of hydrogen-bond donors (Lipinski definition) is 1. The molecule has 0 spiro atoms. The fourth-order valence-electron chi connectivity index (χ4n) is 2.57. The van der Waals surface area contributed by atoms with Crippen molar-refractivity contribution < 1.29 is 14.6 Å². The maximum Gasteiger partial charge on any atom is 0.356 e. The van der Waals surface area contributed by atoms with Crippen LogP contribution in [0.25, 0.3) is 0 Å². The maximum absolute atomic E-state index is 11.3. The largest absolute Gasteiger partial charge is 0.476 e. The minimum atomic E-state index is -1.03. The number of carbonyl (C=O) groups is 1. The Bertz CT molecular complexity index is 629. The molecule has 112 valence electrons. The molecule has 3 heterocycles. The van der Waals surface area contributed by atoms with Gasteiger partial charge in [-0.15, -0.1) is 0 Å². The maximum atomic E-state index is 11.3. The van der Waals surface area contributed by atoms with Crippen LogP contribution in [0.2, 0.25) is 0 Å². The molecule has 0 aromatic carbocycles. The molecule has 2 aromatic rings. The summed E-state index contributed by atoms with van der Waals surface area (Å²) >= 11 is 0. The molecule has 8 nitrogen and oxygen atoms in total. The van der Waals surface area contributed by atoms with Gasteiger partial charge in [0.2, 0.25) is 0 Å². The third-order valence-corrected chi connectivity index (χ3v) is 3.68. The van der Waals surface area contributed by atoms with Crippen molar-refractivity contribution in [3.63, 3.8) is 0 Å². The molecule has 0 saturated carbocycles. The van der Waals surface area contributed by atoms with Crippen molar-refractivity contribution in [3.8, 4) is 0 Å². The van der Waals surface area contributed by atoms with E-state index in [1.54, 1.807) is 22.6 Å². The second kappa shape index (κ2) is 5.65. The molecular formula is C13H17N5O3. The number of carboxylic acid groups (broad SMARTS) is 1. The quantitative estimate of drug-likeness (QED) is 0.910. The summed E-state index contributed by atoms with van der Waals surface area (Å²) in [7, 11) is 0. The lowest BCUT2D eigenvalue weighted by Crippen LogP contribution is -2.22. The normalized spacial score (nSPS) is 18.8. The molecule has 0 radical (unpaired) electrons. The first-order valence-corrected chi connectivity index (χ1v) is 6.92. The van der Waals surface area contributed by atoms with Crippen molar-refractivity contribution in [2.75, 3.05) is 6.61 Å². The Morgan fingerprint density at radius 2 is 2.38 bits per heavy atom. The first kappa shape index (κ1) is 13.7. The van der Waals surface area contributed by atoms with Gasteiger partial charge in [0.05, 0.1) is 12.2 Å². The third kappa shape index (κ3) is 2.66. The predicted molar refractivity (Wildman–Crippen MR) is 71.9 cm³/mol. The Labute approximate surface area is 121 Å². The SMILES string of the molecule is Cc1c(C(=O)O)nn(C2CCCCO2)c1Cn1cncn1. The van der Waals surface area contributed by atoms with Crippen LogP contribution in [0.1, 0.15) is 47.2 Å². The van der Waals surface area contributed by atoms with Crippen molar-refractivity contribution in [3.05, 3.63) is 29.6 Å². The van der Waals surface area contributed by atoms with Gasteiger partial charge in [-0.3, -0.25) is 0 Å². The Morgan fingerprint density at radius 3 is 3.00 bits per heavy atom. The van der Waals surface area contributed by atoms with Crippen molar-refractivity contribution >= 4 is 5.97 Å². The van der Waals surface area contributed by atoms with Gasteiger partial charge in [-0.25, -0.2) is 19.1 Å². The van der Waals surface area contributed by atoms with Crippen LogP contribution in [0.5, 0.6) is 0 Å². The number of rotatable bonds is 4. The number of nitrogens with zero attached hydrogens (tertiary/aromatic N) is 5. The van der Waals surface area contributed by atoms with Crippen LogP contribution in [0, 0.1) is 6.92 Å². The Balaban J connectivity index is 1.99. The lowest BCUT2D eigenvalue weighted by molar-refractivity contribution is -0.0414. The Hall–Kier alpha value is -2.22. The Morgan fingerprint density at radius 1 is 1.52 bits per heavy atom. The van der Waals surface area contributed by atoms with E-state index >= 15 is 0 Å². The fraction of sp³-hybridized carbons (Fsp3) is 0.538. The Kier molecular flexibility index (Phi) is 3.70. The molecule has 0 aliphatic carbocycles. The van der Waals surface area contributed by atoms with E-state index in [4.69, 9.17) is 4.74 Å². The van der Waals surface area contributed by atoms with Gasteiger partial charge >= 0.3 is 5.97 Å². The van der Waals surface area contributed by atoms with Gasteiger partial charge in [0.25, 0.3) is 0 Å². The highest BCUT2D eigenvalue weighted by Gasteiger charge is 2.26. The van der Waals surface area contributed by atoms with E-state index in [1.807, 2.05) is 0 Å². The molecule has 1 atom stereocenters. The molecule has 0 bridgehead atoms. The fourth-order valence-corrected chi connectivity index (χ4v) is 2.57. The molecule has 8 heteroatoms. The van der Waals surface area contributed by atoms with Crippen molar-refractivity contribution in [2.45, 2.75) is 39.0 Å². The van der Waals surface area contributed by atoms with E-state index in [1.165, 1.54) is 6.33 Å². The molecule has 0 amide bonds. The molecule has 1 saturated heterocycles. The lowest BCUT2D eigenvalue weighted by Gasteiger charge is -2.24. The average Bonchev–Trinajstić information content (AvgIpc) is 3.10. The monoisotopic (exact) mass is 291 g/mol. The number of aromatic nitrogens is 5. The van der Waals surface area contributed by atoms with Crippen LogP contribution >= 0.6 is 0 Å². The van der Waals surface area contributed by atoms with Crippen LogP contribution in [0.4, 0.5) is 0 Å². The van der Waals surface area contributed by atoms with Crippen molar-refractivity contribution in [2.24, 2.45) is 0 Å². The van der Waals surface area contributed by atoms with E-state index in [0.29, 0.717) is 18.7 Å². The molecule has 1 N–H and O–H groups in total. The number of aromatic carboxylic acids is 1. The lowest BCUT2D eigenvalue weighted by atomic mass is 10.1. The molecule has 1 fully saturated rings. The van der Waals surface area contributed by atoms with Crippen LogP contribution in [0.15, 0.2) is 12.7 Å². The summed E-state index contributed by atoms with van der Waals surface area (Å²) in [6.07, 6.45) is 5.76. The van der Waals surface area contributed by atoms with Gasteiger partial charge in [-0.2, -0.15) is 10.2 Å². The van der Waals surface area contributed by atoms with Crippen LogP contribution in [-0.2, 0) is 11.3 Å². The highest BCUT2D eigenvalue weighted by molar-refractivity contribution is 5.87. The third-order valence-electron chi connectivity index (χ3n) is 3.68. The second-order valence-electron chi connectivity index (χ2n) is 5.08. The molecule has 2 aromatic heterocycles. The van der Waals surface area contributed by atoms with Gasteiger partial charge < -0.3 is 9.84 Å². The number of carboxylic acids is 1. The smallest absolute Gasteiger partial charge is 0.356 e. The summed E-state index contributed by atoms with van der Waals surface area (Å²) in [5.74, 6) is -1.03. The summed E-state index contributed by atoms with van der Waals surface area (Å²) in [4.78, 5) is 15.2. The topological polar surface area (TPSA) is 95.1 Å². The molecule has 21 heavy (non-hydrogen) atoms. The standard InChI is InChI=1S/C13H17N5O3/c1-9-10(6-17-8-14-7-15-17)18(16-12(9)13(19)20)11-4-2-3-5-21-11/h7-8,11H,2-6H2,1H3,(H,19,20). The summed E-state index contributed by atoms with van der Waals surface area (Å²) in [5, 5.41) is 17.6. The van der Waals surface area contributed by atoms with Gasteiger partial charge in [-0.1, -0.05) is 0 Å². The first-order valence-electron chi connectivity index (χ1n) is 6.92. The summed E-state index contributed by atoms with van der Waals surface area (Å²) < 4.78 is 9.08. The molecule has 3 rings (SSSR count). The van der Waals surface area contributed by atoms with E-state index in [2.05, 4.69) is 15.2 Å². The van der Waals surface area contributed by atoms with Crippen molar-refractivity contribution in [1.82, 2.24) is 24.5 Å². The minimum absolute atomic E-state index is 0.0688. The highest BCUT2D eigenvalue weighted by Crippen LogP contribution is 2.26. The minimum Gasteiger partial charge on any atom is -0.476 e. The zero-order chi connectivity index (χ0) is 14.8. The van der Waals surface area contributed by atoms with Crippen molar-refractivity contribution in [1.29, 1.82) is 0 Å². The molecular weight excluding hydrogens is 274 g/mol. The predicted octanol–water partition coefficient (Wildman–Crippen LogP) is 1.23.